The molecule has 0 spiro atoms. The molecule has 0 N–H and O–H groups in total. The number of hydrogen-bond donors (Lipinski definition) is 0. The summed E-state index contributed by atoms with van der Waals surface area (Å²) in [5.74, 6) is 1.08. The van der Waals surface area contributed by atoms with Gasteiger partial charge < -0.3 is 9.47 Å². The van der Waals surface area contributed by atoms with Gasteiger partial charge in [-0.3, -0.25) is 4.79 Å². The van der Waals surface area contributed by atoms with Crippen molar-refractivity contribution in [3.05, 3.63) is 41.2 Å². The van der Waals surface area contributed by atoms with Crippen molar-refractivity contribution in [3.63, 3.8) is 0 Å². The summed E-state index contributed by atoms with van der Waals surface area (Å²) in [5.41, 5.74) is 2.06. The zero-order valence-electron chi connectivity index (χ0n) is 12.1. The van der Waals surface area contributed by atoms with Gasteiger partial charge in [0.15, 0.2) is 0 Å². The summed E-state index contributed by atoms with van der Waals surface area (Å²) in [6.07, 6.45) is 2.00. The number of allylic oxidation sites excluding steroid dienone is 1. The fraction of sp³-hybridized carbons (Fsp3) is 0.375. The van der Waals surface area contributed by atoms with E-state index in [1.54, 1.807) is 6.92 Å². The first-order chi connectivity index (χ1) is 10.1. The Bertz CT molecular complexity index is 707. The number of aromatic nitrogens is 2. The Kier molecular flexibility index (Phi) is 3.85. The SMILES string of the molecule is C=C(Br)Cn1c(C2CCCN2C(C)=O)nc2ccccc21. The molecule has 0 saturated carbocycles. The molecule has 3 rings (SSSR count). The second kappa shape index (κ2) is 5.64. The average molecular weight is 348 g/mol. The number of nitrogens with zero attached hydrogens (tertiary/aromatic N) is 3. The summed E-state index contributed by atoms with van der Waals surface area (Å²) in [5, 5.41) is 0. The van der Waals surface area contributed by atoms with Crippen molar-refractivity contribution >= 4 is 32.9 Å². The Morgan fingerprint density at radius 1 is 1.48 bits per heavy atom. The van der Waals surface area contributed by atoms with E-state index in [0.29, 0.717) is 6.54 Å². The third-order valence-corrected chi connectivity index (χ3v) is 4.22. The van der Waals surface area contributed by atoms with Gasteiger partial charge in [-0.2, -0.15) is 0 Å². The van der Waals surface area contributed by atoms with Gasteiger partial charge in [-0.25, -0.2) is 4.98 Å². The molecule has 2 heterocycles. The Hall–Kier alpha value is -1.62. The van der Waals surface area contributed by atoms with Crippen molar-refractivity contribution < 1.29 is 4.79 Å². The summed E-state index contributed by atoms with van der Waals surface area (Å²) in [6, 6.07) is 8.15. The van der Waals surface area contributed by atoms with Crippen molar-refractivity contribution in [1.82, 2.24) is 14.5 Å². The maximum absolute atomic E-state index is 11.8. The molecule has 1 aliphatic heterocycles. The molecular formula is C16H18BrN3O. The van der Waals surface area contributed by atoms with Crippen molar-refractivity contribution in [3.8, 4) is 0 Å². The molecule has 0 bridgehead atoms. The third-order valence-electron chi connectivity index (χ3n) is 3.97. The van der Waals surface area contributed by atoms with Gasteiger partial charge >= 0.3 is 0 Å². The Balaban J connectivity index is 2.12. The molecule has 4 nitrogen and oxygen atoms in total. The highest BCUT2D eigenvalue weighted by atomic mass is 79.9. The summed E-state index contributed by atoms with van der Waals surface area (Å²) in [4.78, 5) is 18.6. The lowest BCUT2D eigenvalue weighted by Crippen LogP contribution is -2.29. The molecule has 110 valence electrons. The zero-order valence-corrected chi connectivity index (χ0v) is 13.6. The van der Waals surface area contributed by atoms with E-state index in [9.17, 15) is 4.79 Å². The van der Waals surface area contributed by atoms with Gasteiger partial charge in [0.05, 0.1) is 23.6 Å². The largest absolute Gasteiger partial charge is 0.333 e. The van der Waals surface area contributed by atoms with Crippen molar-refractivity contribution in [2.24, 2.45) is 0 Å². The smallest absolute Gasteiger partial charge is 0.220 e. The van der Waals surface area contributed by atoms with E-state index in [-0.39, 0.29) is 11.9 Å². The lowest BCUT2D eigenvalue weighted by atomic mass is 10.2. The molecule has 1 aromatic heterocycles. The minimum Gasteiger partial charge on any atom is -0.333 e. The number of amides is 1. The van der Waals surface area contributed by atoms with Crippen LogP contribution < -0.4 is 0 Å². The van der Waals surface area contributed by atoms with Gasteiger partial charge in [-0.05, 0) is 25.0 Å². The van der Waals surface area contributed by atoms with E-state index in [1.807, 2.05) is 23.1 Å². The van der Waals surface area contributed by atoms with Gasteiger partial charge in [-0.1, -0.05) is 34.6 Å². The number of benzene rings is 1. The first kappa shape index (κ1) is 14.3. The van der Waals surface area contributed by atoms with Crippen LogP contribution in [0.5, 0.6) is 0 Å². The molecule has 1 fully saturated rings. The van der Waals surface area contributed by atoms with Crippen molar-refractivity contribution in [2.75, 3.05) is 6.54 Å². The summed E-state index contributed by atoms with van der Waals surface area (Å²) < 4.78 is 3.07. The number of carbonyl (C=O) groups excluding carboxylic acids is 1. The van der Waals surface area contributed by atoms with Gasteiger partial charge in [0.1, 0.15) is 5.82 Å². The van der Waals surface area contributed by atoms with Crippen LogP contribution in [0.1, 0.15) is 31.6 Å². The van der Waals surface area contributed by atoms with E-state index in [1.165, 1.54) is 0 Å². The highest BCUT2D eigenvalue weighted by Crippen LogP contribution is 2.33. The Morgan fingerprint density at radius 2 is 2.24 bits per heavy atom. The molecule has 21 heavy (non-hydrogen) atoms. The van der Waals surface area contributed by atoms with E-state index in [0.717, 1.165) is 40.7 Å². The minimum atomic E-state index is 0.0711. The topological polar surface area (TPSA) is 38.1 Å². The fourth-order valence-corrected chi connectivity index (χ4v) is 3.35. The van der Waals surface area contributed by atoms with Crippen LogP contribution in [0.3, 0.4) is 0 Å². The molecule has 2 aromatic rings. The summed E-state index contributed by atoms with van der Waals surface area (Å²) in [7, 11) is 0. The van der Waals surface area contributed by atoms with Gasteiger partial charge in [0.2, 0.25) is 5.91 Å². The van der Waals surface area contributed by atoms with Crippen LogP contribution in [0.15, 0.2) is 35.3 Å². The van der Waals surface area contributed by atoms with Crippen molar-refractivity contribution in [2.45, 2.75) is 32.4 Å². The van der Waals surface area contributed by atoms with Gasteiger partial charge in [-0.15, -0.1) is 0 Å². The van der Waals surface area contributed by atoms with Crippen LogP contribution in [0.25, 0.3) is 11.0 Å². The van der Waals surface area contributed by atoms with Gasteiger partial charge in [0, 0.05) is 18.0 Å². The molecule has 1 atom stereocenters. The van der Waals surface area contributed by atoms with Crippen LogP contribution in [0.4, 0.5) is 0 Å². The minimum absolute atomic E-state index is 0.0711. The Morgan fingerprint density at radius 3 is 2.95 bits per heavy atom. The normalized spacial score (nSPS) is 18.4. The second-order valence-electron chi connectivity index (χ2n) is 5.43. The monoisotopic (exact) mass is 347 g/mol. The molecule has 1 saturated heterocycles. The van der Waals surface area contributed by atoms with E-state index in [4.69, 9.17) is 4.98 Å². The number of carbonyl (C=O) groups is 1. The number of hydrogen-bond acceptors (Lipinski definition) is 2. The number of likely N-dealkylation sites (tertiary alicyclic amines) is 1. The number of fused-ring (bicyclic) bond motifs is 1. The fourth-order valence-electron chi connectivity index (χ4n) is 3.10. The maximum Gasteiger partial charge on any atom is 0.220 e. The highest BCUT2D eigenvalue weighted by molar-refractivity contribution is 9.11. The molecule has 1 aliphatic rings. The lowest BCUT2D eigenvalue weighted by molar-refractivity contribution is -0.129. The zero-order chi connectivity index (χ0) is 15.0. The van der Waals surface area contributed by atoms with E-state index >= 15 is 0 Å². The number of imidazole rings is 1. The second-order valence-corrected chi connectivity index (χ2v) is 6.55. The summed E-state index contributed by atoms with van der Waals surface area (Å²) in [6.45, 7) is 7.06. The predicted octanol–water partition coefficient (Wildman–Crippen LogP) is 3.63. The molecule has 0 aliphatic carbocycles. The van der Waals surface area contributed by atoms with E-state index in [2.05, 4.69) is 33.1 Å². The number of para-hydroxylation sites is 2. The van der Waals surface area contributed by atoms with Crippen LogP contribution >= 0.6 is 15.9 Å². The number of rotatable bonds is 3. The average Bonchev–Trinajstić information content (AvgIpc) is 3.03. The lowest BCUT2D eigenvalue weighted by Gasteiger charge is -2.23. The Labute approximate surface area is 132 Å². The van der Waals surface area contributed by atoms with Crippen LogP contribution in [-0.2, 0) is 11.3 Å². The van der Waals surface area contributed by atoms with E-state index < -0.39 is 0 Å². The maximum atomic E-state index is 11.8. The van der Waals surface area contributed by atoms with Crippen LogP contribution in [-0.4, -0.2) is 26.9 Å². The molecule has 1 unspecified atom stereocenters. The first-order valence-corrected chi connectivity index (χ1v) is 7.93. The predicted molar refractivity (Wildman–Crippen MR) is 87.2 cm³/mol. The highest BCUT2D eigenvalue weighted by Gasteiger charge is 2.32. The molecule has 1 aromatic carbocycles. The quantitative estimate of drug-likeness (QED) is 0.850. The standard InChI is InChI=1S/C16H18BrN3O/c1-11(17)10-20-14-7-4-3-6-13(14)18-16(20)15-8-5-9-19(15)12(2)21/h3-4,6-7,15H,1,5,8-10H2,2H3. The van der Waals surface area contributed by atoms with Crippen molar-refractivity contribution in [1.29, 1.82) is 0 Å². The molecule has 0 radical (unpaired) electrons. The van der Waals surface area contributed by atoms with Crippen LogP contribution in [0, 0.1) is 0 Å². The molecule has 1 amide bonds. The number of halogens is 1. The third kappa shape index (κ3) is 2.62. The molecular weight excluding hydrogens is 330 g/mol. The van der Waals surface area contributed by atoms with Crippen LogP contribution in [0.2, 0.25) is 0 Å². The summed E-state index contributed by atoms with van der Waals surface area (Å²) >= 11 is 3.44. The first-order valence-electron chi connectivity index (χ1n) is 7.13. The molecule has 5 heteroatoms. The van der Waals surface area contributed by atoms with Gasteiger partial charge in [0.25, 0.3) is 0 Å².